The van der Waals surface area contributed by atoms with Crippen molar-refractivity contribution < 1.29 is 9.53 Å². The third kappa shape index (κ3) is 2.84. The Morgan fingerprint density at radius 1 is 1.43 bits per heavy atom. The Bertz CT molecular complexity index is 679. The summed E-state index contributed by atoms with van der Waals surface area (Å²) in [5.41, 5.74) is 8.96. The van der Waals surface area contributed by atoms with Gasteiger partial charge in [0.05, 0.1) is 21.9 Å². The molecular formula is C15H15BrN2O2S. The minimum absolute atomic E-state index is 0.111. The number of benzene rings is 1. The number of hydrogen-bond acceptors (Lipinski definition) is 4. The number of thiophene rings is 1. The summed E-state index contributed by atoms with van der Waals surface area (Å²) in [6, 6.07) is 7.39. The topological polar surface area (TPSA) is 64.4 Å². The van der Waals surface area contributed by atoms with Gasteiger partial charge >= 0.3 is 0 Å². The summed E-state index contributed by atoms with van der Waals surface area (Å²) in [6.45, 7) is 3.04. The van der Waals surface area contributed by atoms with Crippen molar-refractivity contribution in [2.75, 3.05) is 13.2 Å². The molecule has 4 nitrogen and oxygen atoms in total. The first-order valence-electron chi connectivity index (χ1n) is 6.62. The lowest BCUT2D eigenvalue weighted by Gasteiger charge is -2.13. The Labute approximate surface area is 135 Å². The highest BCUT2D eigenvalue weighted by Crippen LogP contribution is 2.34. The molecule has 110 valence electrons. The molecular weight excluding hydrogens is 352 g/mol. The first kappa shape index (κ1) is 14.6. The summed E-state index contributed by atoms with van der Waals surface area (Å²) >= 11 is 5.14. The molecule has 1 aromatic heterocycles. The van der Waals surface area contributed by atoms with Gasteiger partial charge in [-0.2, -0.15) is 0 Å². The standard InChI is InChI=1S/C15H15BrN2O2S/c1-8-6-12(21-14(8)16)13(17)9-2-3-11-10(7-9)15(19)18-4-5-20-11/h2-3,6-7,13H,4-5,17H2,1H3,(H,18,19). The zero-order valence-electron chi connectivity index (χ0n) is 11.5. The Morgan fingerprint density at radius 2 is 2.24 bits per heavy atom. The minimum atomic E-state index is -0.249. The van der Waals surface area contributed by atoms with E-state index in [1.807, 2.05) is 25.1 Å². The number of ether oxygens (including phenoxy) is 1. The van der Waals surface area contributed by atoms with Gasteiger partial charge in [-0.05, 0) is 52.2 Å². The van der Waals surface area contributed by atoms with Crippen LogP contribution in [0.1, 0.15) is 32.4 Å². The average Bonchev–Trinajstić information content (AvgIpc) is 2.70. The van der Waals surface area contributed by atoms with Crippen LogP contribution >= 0.6 is 27.3 Å². The van der Waals surface area contributed by atoms with Gasteiger partial charge in [0, 0.05) is 4.88 Å². The summed E-state index contributed by atoms with van der Waals surface area (Å²) < 4.78 is 6.64. The second kappa shape index (κ2) is 5.79. The first-order chi connectivity index (χ1) is 10.1. The van der Waals surface area contributed by atoms with Crippen LogP contribution < -0.4 is 15.8 Å². The second-order valence-electron chi connectivity index (χ2n) is 4.94. The van der Waals surface area contributed by atoms with Gasteiger partial charge in [-0.3, -0.25) is 4.79 Å². The number of carbonyl (C=O) groups is 1. The van der Waals surface area contributed by atoms with E-state index < -0.39 is 0 Å². The Morgan fingerprint density at radius 3 is 2.95 bits per heavy atom. The van der Waals surface area contributed by atoms with Crippen molar-refractivity contribution in [3.8, 4) is 5.75 Å². The fourth-order valence-electron chi connectivity index (χ4n) is 2.27. The number of hydrogen-bond donors (Lipinski definition) is 2. The number of rotatable bonds is 2. The highest BCUT2D eigenvalue weighted by molar-refractivity contribution is 9.11. The molecule has 1 unspecified atom stereocenters. The molecule has 0 bridgehead atoms. The number of nitrogens with two attached hydrogens (primary N) is 1. The van der Waals surface area contributed by atoms with Gasteiger partial charge < -0.3 is 15.8 Å². The van der Waals surface area contributed by atoms with E-state index in [1.165, 1.54) is 5.56 Å². The van der Waals surface area contributed by atoms with Crippen LogP contribution in [-0.4, -0.2) is 19.1 Å². The van der Waals surface area contributed by atoms with Crippen molar-refractivity contribution in [1.82, 2.24) is 5.32 Å². The van der Waals surface area contributed by atoms with Crippen LogP contribution in [0.15, 0.2) is 28.1 Å². The Hall–Kier alpha value is -1.37. The fourth-order valence-corrected chi connectivity index (χ4v) is 3.87. The molecule has 1 atom stereocenters. The van der Waals surface area contributed by atoms with Crippen molar-refractivity contribution in [3.63, 3.8) is 0 Å². The van der Waals surface area contributed by atoms with Crippen LogP contribution in [-0.2, 0) is 0 Å². The molecule has 3 rings (SSSR count). The van der Waals surface area contributed by atoms with Crippen LogP contribution in [0, 0.1) is 6.92 Å². The van der Waals surface area contributed by atoms with Crippen molar-refractivity contribution in [2.45, 2.75) is 13.0 Å². The monoisotopic (exact) mass is 366 g/mol. The van der Waals surface area contributed by atoms with Gasteiger partial charge in [0.1, 0.15) is 12.4 Å². The van der Waals surface area contributed by atoms with Gasteiger partial charge in [0.15, 0.2) is 0 Å². The van der Waals surface area contributed by atoms with Gasteiger partial charge in [-0.1, -0.05) is 6.07 Å². The molecule has 0 spiro atoms. The van der Waals surface area contributed by atoms with Crippen molar-refractivity contribution >= 4 is 33.2 Å². The Kier molecular flexibility index (Phi) is 4.01. The van der Waals surface area contributed by atoms with Gasteiger partial charge in [-0.25, -0.2) is 0 Å². The summed E-state index contributed by atoms with van der Waals surface area (Å²) in [4.78, 5) is 13.1. The maximum Gasteiger partial charge on any atom is 0.255 e. The lowest BCUT2D eigenvalue weighted by Crippen LogP contribution is -2.24. The van der Waals surface area contributed by atoms with Crippen LogP contribution in [0.4, 0.5) is 0 Å². The fraction of sp³-hybridized carbons (Fsp3) is 0.267. The molecule has 6 heteroatoms. The van der Waals surface area contributed by atoms with Crippen LogP contribution in [0.2, 0.25) is 0 Å². The largest absolute Gasteiger partial charge is 0.491 e. The SMILES string of the molecule is Cc1cc(C(N)c2ccc3c(c2)C(=O)NCCO3)sc1Br. The normalized spacial score (nSPS) is 15.7. The van der Waals surface area contributed by atoms with E-state index >= 15 is 0 Å². The molecule has 21 heavy (non-hydrogen) atoms. The average molecular weight is 367 g/mol. The number of carbonyl (C=O) groups excluding carboxylic acids is 1. The highest BCUT2D eigenvalue weighted by atomic mass is 79.9. The Balaban J connectivity index is 1.97. The molecule has 2 aromatic rings. The van der Waals surface area contributed by atoms with E-state index in [2.05, 4.69) is 27.3 Å². The summed E-state index contributed by atoms with van der Waals surface area (Å²) in [5, 5.41) is 2.81. The number of amides is 1. The van der Waals surface area contributed by atoms with Crippen molar-refractivity contribution in [2.24, 2.45) is 5.73 Å². The van der Waals surface area contributed by atoms with E-state index in [-0.39, 0.29) is 11.9 Å². The lowest BCUT2D eigenvalue weighted by molar-refractivity contribution is 0.0957. The molecule has 0 saturated heterocycles. The molecule has 0 saturated carbocycles. The van der Waals surface area contributed by atoms with Gasteiger partial charge in [0.25, 0.3) is 5.91 Å². The molecule has 1 aromatic carbocycles. The van der Waals surface area contributed by atoms with E-state index in [9.17, 15) is 4.79 Å². The number of halogens is 1. The van der Waals surface area contributed by atoms with Crippen LogP contribution in [0.25, 0.3) is 0 Å². The third-order valence-corrected chi connectivity index (χ3v) is 5.66. The maximum atomic E-state index is 12.0. The zero-order valence-corrected chi connectivity index (χ0v) is 13.9. The van der Waals surface area contributed by atoms with Crippen LogP contribution in [0.3, 0.4) is 0 Å². The summed E-state index contributed by atoms with van der Waals surface area (Å²) in [7, 11) is 0. The van der Waals surface area contributed by atoms with Gasteiger partial charge in [-0.15, -0.1) is 11.3 Å². The third-order valence-electron chi connectivity index (χ3n) is 3.44. The highest BCUT2D eigenvalue weighted by Gasteiger charge is 2.20. The number of nitrogens with one attached hydrogen (secondary N) is 1. The zero-order chi connectivity index (χ0) is 15.0. The molecule has 3 N–H and O–H groups in total. The lowest BCUT2D eigenvalue weighted by atomic mass is 10.0. The minimum Gasteiger partial charge on any atom is -0.491 e. The predicted octanol–water partition coefficient (Wildman–Crippen LogP) is 2.99. The second-order valence-corrected chi connectivity index (χ2v) is 7.34. The number of fused-ring (bicyclic) bond motifs is 1. The smallest absolute Gasteiger partial charge is 0.255 e. The molecule has 1 aliphatic heterocycles. The van der Waals surface area contributed by atoms with E-state index in [0.29, 0.717) is 24.5 Å². The number of aryl methyl sites for hydroxylation is 1. The van der Waals surface area contributed by atoms with E-state index in [1.54, 1.807) is 11.3 Å². The molecule has 0 radical (unpaired) electrons. The quantitative estimate of drug-likeness (QED) is 0.858. The molecule has 1 amide bonds. The molecule has 2 heterocycles. The van der Waals surface area contributed by atoms with Crippen molar-refractivity contribution in [1.29, 1.82) is 0 Å². The predicted molar refractivity (Wildman–Crippen MR) is 87.1 cm³/mol. The van der Waals surface area contributed by atoms with Crippen molar-refractivity contribution in [3.05, 3.63) is 49.6 Å². The summed E-state index contributed by atoms with van der Waals surface area (Å²) in [6.07, 6.45) is 0. The summed E-state index contributed by atoms with van der Waals surface area (Å²) in [5.74, 6) is 0.504. The molecule has 1 aliphatic rings. The van der Waals surface area contributed by atoms with E-state index in [4.69, 9.17) is 10.5 Å². The van der Waals surface area contributed by atoms with Gasteiger partial charge in [0.2, 0.25) is 0 Å². The van der Waals surface area contributed by atoms with Crippen LogP contribution in [0.5, 0.6) is 5.75 Å². The first-order valence-corrected chi connectivity index (χ1v) is 8.23. The maximum absolute atomic E-state index is 12.0. The van der Waals surface area contributed by atoms with E-state index in [0.717, 1.165) is 14.2 Å². The molecule has 0 aliphatic carbocycles. The molecule has 0 fully saturated rings.